The maximum Gasteiger partial charge on any atom is 0.335 e. The molecule has 1 aliphatic carbocycles. The molecule has 0 aromatic heterocycles. The molecular formula is C22H22N2O6. The summed E-state index contributed by atoms with van der Waals surface area (Å²) in [5.74, 6) is -3.09. The van der Waals surface area contributed by atoms with Crippen LogP contribution < -0.4 is 10.6 Å². The molecule has 0 saturated heterocycles. The van der Waals surface area contributed by atoms with E-state index >= 15 is 0 Å². The van der Waals surface area contributed by atoms with Gasteiger partial charge < -0.3 is 20.8 Å². The van der Waals surface area contributed by atoms with Crippen LogP contribution in [0.1, 0.15) is 46.4 Å². The molecule has 0 radical (unpaired) electrons. The number of rotatable bonds is 6. The summed E-state index contributed by atoms with van der Waals surface area (Å²) < 4.78 is 0. The number of carboxylic acid groups (broad SMARTS) is 2. The van der Waals surface area contributed by atoms with Crippen LogP contribution in [0, 0.1) is 11.8 Å². The highest BCUT2D eigenvalue weighted by molar-refractivity contribution is 5.96. The standard InChI is InChI=1S/C22H22N2O6/c25-19(23-17-8-4-13(5-9-17)21(27)28)15-2-1-3-16(12-15)20(26)24-18-10-6-14(7-11-18)22(29)30/h4-11,15-16H,1-3,12H2,(H,23,25)(H,24,26)(H,27,28)(H,29,30)/t15-,16-/m1/s1. The number of nitrogens with one attached hydrogen (secondary N) is 2. The Balaban J connectivity index is 1.57. The Morgan fingerprint density at radius 3 is 1.37 bits per heavy atom. The molecule has 2 aromatic rings. The van der Waals surface area contributed by atoms with E-state index in [1.54, 1.807) is 0 Å². The summed E-state index contributed by atoms with van der Waals surface area (Å²) in [6.45, 7) is 0. The van der Waals surface area contributed by atoms with Crippen LogP contribution in [0.25, 0.3) is 0 Å². The number of carboxylic acids is 2. The van der Waals surface area contributed by atoms with Crippen LogP contribution in [0.5, 0.6) is 0 Å². The summed E-state index contributed by atoms with van der Waals surface area (Å²) >= 11 is 0. The Labute approximate surface area is 172 Å². The predicted octanol–water partition coefficient (Wildman–Crippen LogP) is 3.47. The molecule has 2 aromatic carbocycles. The molecule has 1 fully saturated rings. The smallest absolute Gasteiger partial charge is 0.335 e. The SMILES string of the molecule is O=C(O)c1ccc(NC(=O)[C@@H]2CCC[C@@H](C(=O)Nc3ccc(C(=O)O)cc3)C2)cc1. The zero-order valence-corrected chi connectivity index (χ0v) is 16.1. The van der Waals surface area contributed by atoms with Crippen molar-refractivity contribution >= 4 is 35.1 Å². The lowest BCUT2D eigenvalue weighted by molar-refractivity contribution is -0.124. The van der Waals surface area contributed by atoms with Crippen LogP contribution in [-0.4, -0.2) is 34.0 Å². The molecule has 156 valence electrons. The molecule has 30 heavy (non-hydrogen) atoms. The third kappa shape index (κ3) is 5.22. The van der Waals surface area contributed by atoms with Crippen molar-refractivity contribution in [2.45, 2.75) is 25.7 Å². The molecule has 4 N–H and O–H groups in total. The zero-order valence-electron chi connectivity index (χ0n) is 16.1. The average Bonchev–Trinajstić information content (AvgIpc) is 2.74. The number of benzene rings is 2. The van der Waals surface area contributed by atoms with E-state index in [9.17, 15) is 19.2 Å². The van der Waals surface area contributed by atoms with Gasteiger partial charge in [0.25, 0.3) is 0 Å². The van der Waals surface area contributed by atoms with Gasteiger partial charge in [-0.25, -0.2) is 9.59 Å². The van der Waals surface area contributed by atoms with Crippen LogP contribution in [0.2, 0.25) is 0 Å². The number of hydrogen-bond acceptors (Lipinski definition) is 4. The second-order valence-electron chi connectivity index (χ2n) is 7.30. The van der Waals surface area contributed by atoms with Crippen molar-refractivity contribution in [1.82, 2.24) is 0 Å². The van der Waals surface area contributed by atoms with E-state index in [4.69, 9.17) is 10.2 Å². The fourth-order valence-electron chi connectivity index (χ4n) is 3.55. The minimum absolute atomic E-state index is 0.138. The van der Waals surface area contributed by atoms with Gasteiger partial charge in [0.2, 0.25) is 11.8 Å². The van der Waals surface area contributed by atoms with Crippen LogP contribution >= 0.6 is 0 Å². The van der Waals surface area contributed by atoms with Crippen molar-refractivity contribution < 1.29 is 29.4 Å². The Kier molecular flexibility index (Phi) is 6.46. The van der Waals surface area contributed by atoms with E-state index < -0.39 is 11.9 Å². The Morgan fingerprint density at radius 1 is 0.667 bits per heavy atom. The summed E-state index contributed by atoms with van der Waals surface area (Å²) in [5.41, 5.74) is 1.29. The van der Waals surface area contributed by atoms with E-state index in [-0.39, 0.29) is 34.8 Å². The van der Waals surface area contributed by atoms with Gasteiger partial charge in [-0.2, -0.15) is 0 Å². The molecule has 2 atom stereocenters. The van der Waals surface area contributed by atoms with Gasteiger partial charge in [-0.15, -0.1) is 0 Å². The maximum atomic E-state index is 12.6. The normalized spacial score (nSPS) is 18.3. The lowest BCUT2D eigenvalue weighted by atomic mass is 9.80. The lowest BCUT2D eigenvalue weighted by Gasteiger charge is -2.27. The van der Waals surface area contributed by atoms with Gasteiger partial charge in [-0.1, -0.05) is 6.42 Å². The molecule has 8 nitrogen and oxygen atoms in total. The minimum Gasteiger partial charge on any atom is -0.478 e. The second-order valence-corrected chi connectivity index (χ2v) is 7.30. The largest absolute Gasteiger partial charge is 0.478 e. The van der Waals surface area contributed by atoms with Gasteiger partial charge in [0.1, 0.15) is 0 Å². The van der Waals surface area contributed by atoms with Gasteiger partial charge in [-0.3, -0.25) is 9.59 Å². The summed E-state index contributed by atoms with van der Waals surface area (Å²) in [6.07, 6.45) is 2.51. The van der Waals surface area contributed by atoms with E-state index in [1.807, 2.05) is 0 Å². The number of hydrogen-bond donors (Lipinski definition) is 4. The topological polar surface area (TPSA) is 133 Å². The Bertz CT molecular complexity index is 875. The van der Waals surface area contributed by atoms with Crippen LogP contribution in [0.15, 0.2) is 48.5 Å². The molecule has 0 heterocycles. The van der Waals surface area contributed by atoms with Gasteiger partial charge in [0.05, 0.1) is 11.1 Å². The van der Waals surface area contributed by atoms with Crippen molar-refractivity contribution in [2.24, 2.45) is 11.8 Å². The zero-order chi connectivity index (χ0) is 21.7. The number of amides is 2. The van der Waals surface area contributed by atoms with E-state index in [0.29, 0.717) is 30.6 Å². The van der Waals surface area contributed by atoms with E-state index in [0.717, 1.165) is 6.42 Å². The lowest BCUT2D eigenvalue weighted by Crippen LogP contribution is -2.33. The Hall–Kier alpha value is -3.68. The molecule has 0 aliphatic heterocycles. The van der Waals surface area contributed by atoms with Gasteiger partial charge >= 0.3 is 11.9 Å². The first-order valence-corrected chi connectivity index (χ1v) is 9.62. The molecule has 0 bridgehead atoms. The third-order valence-corrected chi connectivity index (χ3v) is 5.21. The van der Waals surface area contributed by atoms with Crippen molar-refractivity contribution in [1.29, 1.82) is 0 Å². The average molecular weight is 410 g/mol. The fraction of sp³-hybridized carbons (Fsp3) is 0.273. The third-order valence-electron chi connectivity index (χ3n) is 5.21. The molecule has 2 amide bonds. The number of anilines is 2. The van der Waals surface area contributed by atoms with Crippen LogP contribution in [-0.2, 0) is 9.59 Å². The van der Waals surface area contributed by atoms with Crippen molar-refractivity contribution in [3.63, 3.8) is 0 Å². The maximum absolute atomic E-state index is 12.6. The number of carbonyl (C=O) groups is 4. The molecule has 1 saturated carbocycles. The molecule has 0 spiro atoms. The van der Waals surface area contributed by atoms with Crippen LogP contribution in [0.4, 0.5) is 11.4 Å². The highest BCUT2D eigenvalue weighted by Gasteiger charge is 2.31. The summed E-state index contributed by atoms with van der Waals surface area (Å²) in [6, 6.07) is 11.8. The van der Waals surface area contributed by atoms with Crippen LogP contribution in [0.3, 0.4) is 0 Å². The molecule has 3 rings (SSSR count). The fourth-order valence-corrected chi connectivity index (χ4v) is 3.55. The van der Waals surface area contributed by atoms with E-state index in [2.05, 4.69) is 10.6 Å². The number of carbonyl (C=O) groups excluding carboxylic acids is 2. The monoisotopic (exact) mass is 410 g/mol. The number of aromatic carboxylic acids is 2. The van der Waals surface area contributed by atoms with Crippen molar-refractivity contribution in [3.8, 4) is 0 Å². The minimum atomic E-state index is -1.04. The first-order chi connectivity index (χ1) is 14.3. The first-order valence-electron chi connectivity index (χ1n) is 9.62. The predicted molar refractivity (Wildman–Crippen MR) is 110 cm³/mol. The quantitative estimate of drug-likeness (QED) is 0.576. The molecule has 0 unspecified atom stereocenters. The Morgan fingerprint density at radius 2 is 1.03 bits per heavy atom. The molecular weight excluding hydrogens is 388 g/mol. The highest BCUT2D eigenvalue weighted by Crippen LogP contribution is 2.31. The van der Waals surface area contributed by atoms with E-state index in [1.165, 1.54) is 48.5 Å². The summed E-state index contributed by atoms with van der Waals surface area (Å²) in [5, 5.41) is 23.4. The summed E-state index contributed by atoms with van der Waals surface area (Å²) in [7, 11) is 0. The molecule has 8 heteroatoms. The van der Waals surface area contributed by atoms with Crippen molar-refractivity contribution in [2.75, 3.05) is 10.6 Å². The van der Waals surface area contributed by atoms with Gasteiger partial charge in [-0.05, 0) is 67.8 Å². The van der Waals surface area contributed by atoms with Gasteiger partial charge in [0.15, 0.2) is 0 Å². The first kappa shape index (κ1) is 21.0. The summed E-state index contributed by atoms with van der Waals surface area (Å²) in [4.78, 5) is 47.0. The second kappa shape index (κ2) is 9.21. The highest BCUT2D eigenvalue weighted by atomic mass is 16.4. The molecule has 1 aliphatic rings. The van der Waals surface area contributed by atoms with Crippen molar-refractivity contribution in [3.05, 3.63) is 59.7 Å². The van der Waals surface area contributed by atoms with Gasteiger partial charge in [0, 0.05) is 23.2 Å².